The first-order valence-electron chi connectivity index (χ1n) is 11.0. The number of anilines is 2. The highest BCUT2D eigenvalue weighted by Gasteiger charge is 2.43. The maximum Gasteiger partial charge on any atom is 0.155 e. The summed E-state index contributed by atoms with van der Waals surface area (Å²) in [5, 5.41) is 25.5. The summed E-state index contributed by atoms with van der Waals surface area (Å²) in [6.07, 6.45) is 8.77. The topological polar surface area (TPSA) is 61.7 Å². The van der Waals surface area contributed by atoms with Crippen molar-refractivity contribution in [2.75, 3.05) is 5.32 Å². The molecule has 0 spiro atoms. The molecular weight excluding hydrogens is 374 g/mol. The van der Waals surface area contributed by atoms with E-state index in [2.05, 4.69) is 25.2 Å². The number of allylic oxidation sites excluding steroid dienone is 2. The summed E-state index contributed by atoms with van der Waals surface area (Å²) in [4.78, 5) is 0. The molecule has 0 aromatic heterocycles. The van der Waals surface area contributed by atoms with Crippen LogP contribution in [0.4, 0.5) is 11.4 Å². The highest BCUT2D eigenvalue weighted by atomic mass is 16.5. The van der Waals surface area contributed by atoms with Crippen LogP contribution in [0.3, 0.4) is 0 Å². The predicted molar refractivity (Wildman–Crippen MR) is 122 cm³/mol. The van der Waals surface area contributed by atoms with Crippen molar-refractivity contribution in [2.45, 2.75) is 63.6 Å². The largest absolute Gasteiger partial charge is 0.453 e. The van der Waals surface area contributed by atoms with E-state index in [4.69, 9.17) is 4.74 Å². The van der Waals surface area contributed by atoms with Crippen molar-refractivity contribution in [3.05, 3.63) is 71.8 Å². The van der Waals surface area contributed by atoms with Crippen LogP contribution in [-0.2, 0) is 5.41 Å². The Morgan fingerprint density at radius 3 is 2.57 bits per heavy atom. The average Bonchev–Trinajstić information content (AvgIpc) is 2.77. The normalized spacial score (nSPS) is 21.5. The first-order valence-corrected chi connectivity index (χ1v) is 11.0. The number of ether oxygens (including phenoxy) is 1. The first kappa shape index (κ1) is 20.7. The molecule has 30 heavy (non-hydrogen) atoms. The molecule has 2 aromatic rings. The van der Waals surface area contributed by atoms with E-state index in [9.17, 15) is 10.2 Å². The van der Waals surface area contributed by atoms with E-state index in [1.165, 1.54) is 0 Å². The maximum atomic E-state index is 11.4. The van der Waals surface area contributed by atoms with Gasteiger partial charge in [-0.15, -0.1) is 0 Å². The summed E-state index contributed by atoms with van der Waals surface area (Å²) in [6, 6.07) is 13.9. The van der Waals surface area contributed by atoms with Gasteiger partial charge in [0.2, 0.25) is 0 Å². The molecule has 4 nitrogen and oxygen atoms in total. The summed E-state index contributed by atoms with van der Waals surface area (Å²) < 4.78 is 6.37. The maximum absolute atomic E-state index is 11.4. The Balaban J connectivity index is 1.79. The molecule has 4 heteroatoms. The van der Waals surface area contributed by atoms with Crippen LogP contribution >= 0.6 is 0 Å². The van der Waals surface area contributed by atoms with E-state index in [0.717, 1.165) is 53.3 Å². The predicted octanol–water partition coefficient (Wildman–Crippen LogP) is 5.98. The summed E-state index contributed by atoms with van der Waals surface area (Å²) in [7, 11) is 0. The number of para-hydroxylation sites is 3. The second-order valence-electron chi connectivity index (χ2n) is 8.33. The Kier molecular flexibility index (Phi) is 5.98. The Bertz CT molecular complexity index is 965. The van der Waals surface area contributed by atoms with E-state index < -0.39 is 17.6 Å². The van der Waals surface area contributed by atoms with Crippen molar-refractivity contribution < 1.29 is 14.9 Å². The first-order chi connectivity index (χ1) is 14.6. The summed E-state index contributed by atoms with van der Waals surface area (Å²) in [5.74, 6) is 1.53. The molecule has 0 radical (unpaired) electrons. The molecule has 0 amide bonds. The zero-order valence-electron chi connectivity index (χ0n) is 17.8. The molecule has 0 saturated heterocycles. The monoisotopic (exact) mass is 405 g/mol. The Hall–Kier alpha value is -2.56. The van der Waals surface area contributed by atoms with Crippen molar-refractivity contribution in [1.29, 1.82) is 0 Å². The fourth-order valence-corrected chi connectivity index (χ4v) is 4.64. The Morgan fingerprint density at radius 1 is 1.00 bits per heavy atom. The van der Waals surface area contributed by atoms with Crippen LogP contribution < -0.4 is 10.1 Å². The standard InChI is InChI=1S/C26H31NO3/c1-3-9-22(28)18-11-8-16-26(17-18,24(29)10-4-2)19-12-7-14-21-25(19)30-23-15-6-5-13-20(23)27-21/h5-8,11-16,22,24,27-29H,3-4,9-10,17H2,1-2H3. The van der Waals surface area contributed by atoms with Crippen molar-refractivity contribution in [3.63, 3.8) is 0 Å². The molecule has 0 bridgehead atoms. The van der Waals surface area contributed by atoms with Gasteiger partial charge in [0.15, 0.2) is 11.5 Å². The molecule has 3 N–H and O–H groups in total. The summed E-state index contributed by atoms with van der Waals surface area (Å²) >= 11 is 0. The number of aliphatic hydroxyl groups excluding tert-OH is 2. The third-order valence-electron chi connectivity index (χ3n) is 6.23. The number of hydrogen-bond donors (Lipinski definition) is 3. The van der Waals surface area contributed by atoms with Crippen molar-refractivity contribution in [3.8, 4) is 11.5 Å². The van der Waals surface area contributed by atoms with E-state index in [0.29, 0.717) is 12.8 Å². The molecule has 2 aromatic carbocycles. The van der Waals surface area contributed by atoms with Crippen LogP contribution in [0.5, 0.6) is 11.5 Å². The lowest BCUT2D eigenvalue weighted by Crippen LogP contribution is -2.41. The zero-order chi connectivity index (χ0) is 21.1. The fourth-order valence-electron chi connectivity index (χ4n) is 4.64. The smallest absolute Gasteiger partial charge is 0.155 e. The van der Waals surface area contributed by atoms with Gasteiger partial charge < -0.3 is 20.3 Å². The van der Waals surface area contributed by atoms with Crippen LogP contribution in [0.2, 0.25) is 0 Å². The minimum atomic E-state index is -0.645. The molecule has 0 fully saturated rings. The second-order valence-corrected chi connectivity index (χ2v) is 8.33. The molecule has 3 atom stereocenters. The molecule has 3 unspecified atom stereocenters. The quantitative estimate of drug-likeness (QED) is 0.452. The van der Waals surface area contributed by atoms with Gasteiger partial charge in [0, 0.05) is 11.0 Å². The number of fused-ring (bicyclic) bond motifs is 2. The lowest BCUT2D eigenvalue weighted by Gasteiger charge is -2.41. The van der Waals surface area contributed by atoms with E-state index in [1.807, 2.05) is 54.6 Å². The number of benzene rings is 2. The second kappa shape index (κ2) is 8.66. The molecule has 0 saturated carbocycles. The van der Waals surface area contributed by atoms with E-state index >= 15 is 0 Å². The molecule has 1 heterocycles. The number of hydrogen-bond acceptors (Lipinski definition) is 4. The van der Waals surface area contributed by atoms with Gasteiger partial charge in [0.05, 0.1) is 23.6 Å². The number of rotatable bonds is 7. The zero-order valence-corrected chi connectivity index (χ0v) is 17.8. The van der Waals surface area contributed by atoms with Crippen LogP contribution in [0, 0.1) is 0 Å². The van der Waals surface area contributed by atoms with Crippen molar-refractivity contribution in [1.82, 2.24) is 0 Å². The van der Waals surface area contributed by atoms with Gasteiger partial charge in [-0.3, -0.25) is 0 Å². The van der Waals surface area contributed by atoms with E-state index in [-0.39, 0.29) is 0 Å². The van der Waals surface area contributed by atoms with E-state index in [1.54, 1.807) is 0 Å². The molecule has 2 aliphatic rings. The number of nitrogens with one attached hydrogen (secondary N) is 1. The molecule has 1 aliphatic carbocycles. The Morgan fingerprint density at radius 2 is 1.77 bits per heavy atom. The fraction of sp³-hybridized carbons (Fsp3) is 0.385. The van der Waals surface area contributed by atoms with Gasteiger partial charge in [-0.2, -0.15) is 0 Å². The SMILES string of the molecule is CCCC(O)C1=CC=CC(c2cccc3c2Oc2ccccc2N3)(C(O)CCC)C1. The highest BCUT2D eigenvalue weighted by Crippen LogP contribution is 2.51. The van der Waals surface area contributed by atoms with Gasteiger partial charge in [0.25, 0.3) is 0 Å². The minimum absolute atomic E-state index is 0.493. The van der Waals surface area contributed by atoms with Crippen LogP contribution in [0.1, 0.15) is 51.5 Å². The lowest BCUT2D eigenvalue weighted by atomic mass is 9.66. The van der Waals surface area contributed by atoms with Gasteiger partial charge in [-0.05, 0) is 43.0 Å². The van der Waals surface area contributed by atoms with Gasteiger partial charge >= 0.3 is 0 Å². The highest BCUT2D eigenvalue weighted by molar-refractivity contribution is 5.77. The van der Waals surface area contributed by atoms with Crippen LogP contribution in [0.25, 0.3) is 0 Å². The van der Waals surface area contributed by atoms with Crippen LogP contribution in [0.15, 0.2) is 66.3 Å². The lowest BCUT2D eigenvalue weighted by molar-refractivity contribution is 0.0880. The van der Waals surface area contributed by atoms with Crippen LogP contribution in [-0.4, -0.2) is 22.4 Å². The molecule has 1 aliphatic heterocycles. The molecular formula is C26H31NO3. The number of aliphatic hydroxyl groups is 2. The van der Waals surface area contributed by atoms with Crippen molar-refractivity contribution >= 4 is 11.4 Å². The molecule has 158 valence electrons. The van der Waals surface area contributed by atoms with Gasteiger partial charge in [-0.25, -0.2) is 0 Å². The average molecular weight is 406 g/mol. The third-order valence-corrected chi connectivity index (χ3v) is 6.23. The van der Waals surface area contributed by atoms with Gasteiger partial charge in [0.1, 0.15) is 0 Å². The summed E-state index contributed by atoms with van der Waals surface area (Å²) in [6.45, 7) is 4.16. The Labute approximate surface area is 178 Å². The third kappa shape index (κ3) is 3.66. The molecule has 4 rings (SSSR count). The minimum Gasteiger partial charge on any atom is -0.453 e. The summed E-state index contributed by atoms with van der Waals surface area (Å²) in [5.41, 5.74) is 3.11. The van der Waals surface area contributed by atoms with Gasteiger partial charge in [-0.1, -0.05) is 69.2 Å². The van der Waals surface area contributed by atoms with Crippen molar-refractivity contribution in [2.24, 2.45) is 0 Å².